The standard InChI is InChI=1S/C17H26N4O3/c1-17(2,3)24-16(22)21-9-6-14-13(10-21)15(20-11-19-14)23-12-4-7-18-8-5-12/h11-12,18H,4-10H2,1-3H3. The van der Waals surface area contributed by atoms with Crippen molar-refractivity contribution in [3.63, 3.8) is 0 Å². The van der Waals surface area contributed by atoms with Gasteiger partial charge in [0.15, 0.2) is 0 Å². The van der Waals surface area contributed by atoms with Crippen molar-refractivity contribution >= 4 is 6.09 Å². The summed E-state index contributed by atoms with van der Waals surface area (Å²) in [6.45, 7) is 8.58. The second kappa shape index (κ2) is 6.93. The third-order valence-electron chi connectivity index (χ3n) is 4.18. The second-order valence-corrected chi connectivity index (χ2v) is 7.32. The number of amides is 1. The lowest BCUT2D eigenvalue weighted by molar-refractivity contribution is 0.0219. The van der Waals surface area contributed by atoms with Crippen LogP contribution in [-0.4, -0.2) is 52.3 Å². The van der Waals surface area contributed by atoms with Crippen LogP contribution in [0.3, 0.4) is 0 Å². The number of hydrogen-bond donors (Lipinski definition) is 1. The van der Waals surface area contributed by atoms with Crippen LogP contribution in [0.15, 0.2) is 6.33 Å². The Morgan fingerprint density at radius 3 is 2.75 bits per heavy atom. The summed E-state index contributed by atoms with van der Waals surface area (Å²) < 4.78 is 11.6. The van der Waals surface area contributed by atoms with Gasteiger partial charge in [-0.05, 0) is 46.7 Å². The van der Waals surface area contributed by atoms with Crippen molar-refractivity contribution in [1.29, 1.82) is 0 Å². The molecular weight excluding hydrogens is 308 g/mol. The first-order valence-corrected chi connectivity index (χ1v) is 8.60. The zero-order valence-electron chi connectivity index (χ0n) is 14.7. The van der Waals surface area contributed by atoms with Gasteiger partial charge >= 0.3 is 6.09 Å². The van der Waals surface area contributed by atoms with E-state index in [0.717, 1.165) is 37.2 Å². The van der Waals surface area contributed by atoms with Gasteiger partial charge in [-0.2, -0.15) is 0 Å². The maximum absolute atomic E-state index is 12.3. The summed E-state index contributed by atoms with van der Waals surface area (Å²) in [6.07, 6.45) is 4.05. The van der Waals surface area contributed by atoms with E-state index in [2.05, 4.69) is 15.3 Å². The lowest BCUT2D eigenvalue weighted by atomic mass is 10.1. The van der Waals surface area contributed by atoms with E-state index >= 15 is 0 Å². The molecule has 0 spiro atoms. The summed E-state index contributed by atoms with van der Waals surface area (Å²) in [4.78, 5) is 22.7. The first kappa shape index (κ1) is 17.0. The van der Waals surface area contributed by atoms with Gasteiger partial charge in [0.05, 0.1) is 17.8 Å². The number of carbonyl (C=O) groups excluding carboxylic acids is 1. The van der Waals surface area contributed by atoms with Crippen molar-refractivity contribution in [2.45, 2.75) is 58.3 Å². The molecule has 1 aromatic heterocycles. The lowest BCUT2D eigenvalue weighted by Gasteiger charge is -2.32. The van der Waals surface area contributed by atoms with Gasteiger partial charge in [-0.3, -0.25) is 0 Å². The smallest absolute Gasteiger partial charge is 0.410 e. The van der Waals surface area contributed by atoms with Crippen LogP contribution in [0.5, 0.6) is 5.88 Å². The van der Waals surface area contributed by atoms with Crippen LogP contribution in [0.2, 0.25) is 0 Å². The van der Waals surface area contributed by atoms with Gasteiger partial charge in [0, 0.05) is 13.0 Å². The predicted octanol–water partition coefficient (Wildman–Crippen LogP) is 1.90. The average Bonchev–Trinajstić information content (AvgIpc) is 2.54. The number of fused-ring (bicyclic) bond motifs is 1. The Balaban J connectivity index is 1.73. The van der Waals surface area contributed by atoms with E-state index < -0.39 is 5.60 Å². The van der Waals surface area contributed by atoms with Gasteiger partial charge in [0.25, 0.3) is 0 Å². The lowest BCUT2D eigenvalue weighted by Crippen LogP contribution is -2.40. The fourth-order valence-corrected chi connectivity index (χ4v) is 2.97. The summed E-state index contributed by atoms with van der Waals surface area (Å²) in [5.41, 5.74) is 1.38. The molecule has 1 aromatic rings. The van der Waals surface area contributed by atoms with Crippen LogP contribution in [0, 0.1) is 0 Å². The van der Waals surface area contributed by atoms with E-state index in [1.165, 1.54) is 0 Å². The molecule has 2 aliphatic rings. The first-order valence-electron chi connectivity index (χ1n) is 8.60. The van der Waals surface area contributed by atoms with Crippen LogP contribution < -0.4 is 10.1 Å². The number of aromatic nitrogens is 2. The zero-order valence-corrected chi connectivity index (χ0v) is 14.7. The number of nitrogens with one attached hydrogen (secondary N) is 1. The molecule has 7 nitrogen and oxygen atoms in total. The van der Waals surface area contributed by atoms with Gasteiger partial charge in [-0.15, -0.1) is 0 Å². The maximum Gasteiger partial charge on any atom is 0.410 e. The molecule has 1 amide bonds. The molecule has 0 bridgehead atoms. The summed E-state index contributed by atoms with van der Waals surface area (Å²) in [7, 11) is 0. The Bertz CT molecular complexity index is 594. The molecule has 7 heteroatoms. The van der Waals surface area contributed by atoms with E-state index in [9.17, 15) is 4.79 Å². The van der Waals surface area contributed by atoms with Gasteiger partial charge in [0.1, 0.15) is 18.0 Å². The normalized spacial score (nSPS) is 18.9. The van der Waals surface area contributed by atoms with E-state index in [0.29, 0.717) is 25.4 Å². The van der Waals surface area contributed by atoms with Crippen LogP contribution in [0.4, 0.5) is 4.79 Å². The largest absolute Gasteiger partial charge is 0.474 e. The molecule has 0 aromatic carbocycles. The Kier molecular flexibility index (Phi) is 4.89. The third-order valence-corrected chi connectivity index (χ3v) is 4.18. The molecule has 1 saturated heterocycles. The zero-order chi connectivity index (χ0) is 17.2. The van der Waals surface area contributed by atoms with Crippen LogP contribution in [-0.2, 0) is 17.7 Å². The third kappa shape index (κ3) is 4.14. The summed E-state index contributed by atoms with van der Waals surface area (Å²) in [5.74, 6) is 0.611. The quantitative estimate of drug-likeness (QED) is 0.890. The fraction of sp³-hybridized carbons (Fsp3) is 0.706. The Labute approximate surface area is 142 Å². The van der Waals surface area contributed by atoms with E-state index in [1.54, 1.807) is 11.2 Å². The molecule has 0 saturated carbocycles. The topological polar surface area (TPSA) is 76.6 Å². The number of nitrogens with zero attached hydrogens (tertiary/aromatic N) is 3. The molecule has 24 heavy (non-hydrogen) atoms. The molecule has 0 atom stereocenters. The van der Waals surface area contributed by atoms with Crippen molar-refractivity contribution < 1.29 is 14.3 Å². The highest BCUT2D eigenvalue weighted by molar-refractivity contribution is 5.68. The SMILES string of the molecule is CC(C)(C)OC(=O)N1CCc2ncnc(OC3CCNCC3)c2C1. The molecule has 0 aliphatic carbocycles. The van der Waals surface area contributed by atoms with Crippen LogP contribution >= 0.6 is 0 Å². The number of ether oxygens (including phenoxy) is 2. The van der Waals surface area contributed by atoms with Crippen molar-refractivity contribution in [2.75, 3.05) is 19.6 Å². The number of piperidine rings is 1. The summed E-state index contributed by atoms with van der Waals surface area (Å²) >= 11 is 0. The number of rotatable bonds is 2. The molecule has 0 radical (unpaired) electrons. The van der Waals surface area contributed by atoms with Crippen LogP contribution in [0.25, 0.3) is 0 Å². The molecule has 3 heterocycles. The molecule has 1 fully saturated rings. The molecular formula is C17H26N4O3. The first-order chi connectivity index (χ1) is 11.4. The van der Waals surface area contributed by atoms with Crippen molar-refractivity contribution in [3.05, 3.63) is 17.6 Å². The molecule has 3 rings (SSSR count). The predicted molar refractivity (Wildman–Crippen MR) is 88.9 cm³/mol. The van der Waals surface area contributed by atoms with Gasteiger partial charge in [-0.25, -0.2) is 14.8 Å². The Hall–Kier alpha value is -1.89. The van der Waals surface area contributed by atoms with Crippen molar-refractivity contribution in [2.24, 2.45) is 0 Å². The highest BCUT2D eigenvalue weighted by Gasteiger charge is 2.29. The van der Waals surface area contributed by atoms with Crippen LogP contribution in [0.1, 0.15) is 44.9 Å². The number of carbonyl (C=O) groups is 1. The Morgan fingerprint density at radius 1 is 1.29 bits per heavy atom. The van der Waals surface area contributed by atoms with Gasteiger partial charge in [0.2, 0.25) is 5.88 Å². The van der Waals surface area contributed by atoms with E-state index in [4.69, 9.17) is 9.47 Å². The summed E-state index contributed by atoms with van der Waals surface area (Å²) in [6, 6.07) is 0. The fourth-order valence-electron chi connectivity index (χ4n) is 2.97. The minimum absolute atomic E-state index is 0.169. The van der Waals surface area contributed by atoms with E-state index in [1.807, 2.05) is 20.8 Å². The second-order valence-electron chi connectivity index (χ2n) is 7.32. The summed E-state index contributed by atoms with van der Waals surface area (Å²) in [5, 5.41) is 3.32. The number of hydrogen-bond acceptors (Lipinski definition) is 6. The highest BCUT2D eigenvalue weighted by Crippen LogP contribution is 2.27. The van der Waals surface area contributed by atoms with Gasteiger partial charge in [-0.1, -0.05) is 0 Å². The molecule has 0 unspecified atom stereocenters. The molecule has 2 aliphatic heterocycles. The molecule has 1 N–H and O–H groups in total. The Morgan fingerprint density at radius 2 is 2.04 bits per heavy atom. The minimum Gasteiger partial charge on any atom is -0.474 e. The minimum atomic E-state index is -0.501. The average molecular weight is 334 g/mol. The molecule has 132 valence electrons. The highest BCUT2D eigenvalue weighted by atomic mass is 16.6. The van der Waals surface area contributed by atoms with E-state index in [-0.39, 0.29) is 12.2 Å². The monoisotopic (exact) mass is 334 g/mol. The van der Waals surface area contributed by atoms with Gasteiger partial charge < -0.3 is 19.7 Å². The van der Waals surface area contributed by atoms with Crippen molar-refractivity contribution in [3.8, 4) is 5.88 Å². The maximum atomic E-state index is 12.3. The van der Waals surface area contributed by atoms with Crippen molar-refractivity contribution in [1.82, 2.24) is 20.2 Å².